The number of hydrogen-bond donors (Lipinski definition) is 0. The lowest BCUT2D eigenvalue weighted by atomic mass is 10.2. The maximum atomic E-state index is 12.4. The van der Waals surface area contributed by atoms with Crippen molar-refractivity contribution in [1.82, 2.24) is 4.57 Å². The maximum Gasteiger partial charge on any atom is 0.279 e. The van der Waals surface area contributed by atoms with Crippen LogP contribution in [0.25, 0.3) is 10.2 Å². The van der Waals surface area contributed by atoms with Crippen LogP contribution in [-0.2, 0) is 6.54 Å². The smallest absolute Gasteiger partial charge is 0.279 e. The number of carbonyl (C=O) groups is 1. The van der Waals surface area contributed by atoms with Crippen LogP contribution in [0.3, 0.4) is 0 Å². The van der Waals surface area contributed by atoms with Gasteiger partial charge in [0.15, 0.2) is 4.80 Å². The summed E-state index contributed by atoms with van der Waals surface area (Å²) in [6.07, 6.45) is 1.79. The molecule has 1 heterocycles. The van der Waals surface area contributed by atoms with Crippen LogP contribution < -0.4 is 4.80 Å². The molecule has 0 N–H and O–H groups in total. The first-order chi connectivity index (χ1) is 11.1. The van der Waals surface area contributed by atoms with Gasteiger partial charge < -0.3 is 4.57 Å². The summed E-state index contributed by atoms with van der Waals surface area (Å²) in [5.41, 5.74) is 1.54. The van der Waals surface area contributed by atoms with E-state index in [1.54, 1.807) is 30.3 Å². The zero-order chi connectivity index (χ0) is 16.4. The quantitative estimate of drug-likeness (QED) is 0.560. The van der Waals surface area contributed by atoms with E-state index in [0.29, 0.717) is 21.9 Å². The zero-order valence-electron chi connectivity index (χ0n) is 12.0. The summed E-state index contributed by atoms with van der Waals surface area (Å²) in [7, 11) is 0. The molecule has 0 aliphatic rings. The minimum Gasteiger partial charge on any atom is -0.312 e. The Balaban J connectivity index is 2.13. The summed E-state index contributed by atoms with van der Waals surface area (Å²) in [5.74, 6) is -0.287. The average molecular weight is 408 g/mol. The summed E-state index contributed by atoms with van der Waals surface area (Å²) < 4.78 is 4.03. The molecule has 1 amide bonds. The maximum absolute atomic E-state index is 12.4. The van der Waals surface area contributed by atoms with Crippen LogP contribution in [0.2, 0.25) is 5.02 Å². The number of hydrogen-bond acceptors (Lipinski definition) is 2. The minimum atomic E-state index is -0.287. The molecule has 3 rings (SSSR count). The van der Waals surface area contributed by atoms with Gasteiger partial charge in [-0.2, -0.15) is 4.99 Å². The van der Waals surface area contributed by atoms with E-state index in [2.05, 4.69) is 27.5 Å². The summed E-state index contributed by atoms with van der Waals surface area (Å²) in [5, 5.41) is 0.593. The van der Waals surface area contributed by atoms with Crippen molar-refractivity contribution in [2.24, 2.45) is 4.99 Å². The molecule has 0 bridgehead atoms. The van der Waals surface area contributed by atoms with Crippen LogP contribution >= 0.6 is 38.9 Å². The van der Waals surface area contributed by atoms with E-state index < -0.39 is 0 Å². The lowest BCUT2D eigenvalue weighted by Gasteiger charge is -2.01. The number of nitrogens with zero attached hydrogens (tertiary/aromatic N) is 2. The summed E-state index contributed by atoms with van der Waals surface area (Å²) in [4.78, 5) is 17.3. The zero-order valence-corrected chi connectivity index (χ0v) is 15.2. The van der Waals surface area contributed by atoms with Gasteiger partial charge in [-0.25, -0.2) is 0 Å². The van der Waals surface area contributed by atoms with E-state index >= 15 is 0 Å². The highest BCUT2D eigenvalue weighted by Crippen LogP contribution is 2.22. The number of allylic oxidation sites excluding steroid dienone is 1. The van der Waals surface area contributed by atoms with Gasteiger partial charge in [-0.05, 0) is 42.5 Å². The second-order valence-corrected chi connectivity index (χ2v) is 7.18. The van der Waals surface area contributed by atoms with Gasteiger partial charge in [-0.1, -0.05) is 44.9 Å². The first-order valence-corrected chi connectivity index (χ1v) is 8.81. The van der Waals surface area contributed by atoms with E-state index in [0.717, 1.165) is 14.7 Å². The number of aromatic nitrogens is 1. The Morgan fingerprint density at radius 1 is 1.30 bits per heavy atom. The SMILES string of the molecule is C=CCn1c(=NC(=O)c2ccc(Cl)cc2)sc2cc(Br)ccc21. The van der Waals surface area contributed by atoms with Crippen LogP contribution in [0, 0.1) is 0 Å². The molecule has 116 valence electrons. The highest BCUT2D eigenvalue weighted by atomic mass is 79.9. The van der Waals surface area contributed by atoms with Gasteiger partial charge in [0.25, 0.3) is 5.91 Å². The summed E-state index contributed by atoms with van der Waals surface area (Å²) in [6.45, 7) is 4.37. The second-order valence-electron chi connectivity index (χ2n) is 4.82. The first-order valence-electron chi connectivity index (χ1n) is 6.83. The fourth-order valence-corrected chi connectivity index (χ4v) is 3.90. The molecular weight excluding hydrogens is 396 g/mol. The third-order valence-electron chi connectivity index (χ3n) is 3.24. The number of halogens is 2. The van der Waals surface area contributed by atoms with Crippen LogP contribution in [0.5, 0.6) is 0 Å². The standard InChI is InChI=1S/C17H12BrClN2OS/c1-2-9-21-14-8-5-12(18)10-15(14)23-17(21)20-16(22)11-3-6-13(19)7-4-11/h2-8,10H,1,9H2. The fourth-order valence-electron chi connectivity index (χ4n) is 2.18. The molecular formula is C17H12BrClN2OS. The van der Waals surface area contributed by atoms with Crippen LogP contribution in [0.1, 0.15) is 10.4 Å². The molecule has 0 radical (unpaired) electrons. The molecule has 0 unspecified atom stereocenters. The van der Waals surface area contributed by atoms with E-state index in [4.69, 9.17) is 11.6 Å². The molecule has 0 fully saturated rings. The highest BCUT2D eigenvalue weighted by molar-refractivity contribution is 9.10. The predicted octanol–water partition coefficient (Wildman–Crippen LogP) is 5.05. The number of thiazole rings is 1. The molecule has 3 aromatic rings. The van der Waals surface area contributed by atoms with E-state index in [1.807, 2.05) is 22.8 Å². The van der Waals surface area contributed by atoms with Gasteiger partial charge in [0.05, 0.1) is 10.2 Å². The monoisotopic (exact) mass is 406 g/mol. The van der Waals surface area contributed by atoms with Crippen molar-refractivity contribution < 1.29 is 4.79 Å². The number of carbonyl (C=O) groups excluding carboxylic acids is 1. The number of rotatable bonds is 3. The molecule has 0 aliphatic heterocycles. The molecule has 1 aromatic heterocycles. The average Bonchev–Trinajstić information content (AvgIpc) is 2.85. The minimum absolute atomic E-state index is 0.287. The third-order valence-corrected chi connectivity index (χ3v) is 5.03. The second kappa shape index (κ2) is 6.83. The Labute approximate surface area is 150 Å². The lowest BCUT2D eigenvalue weighted by Crippen LogP contribution is -2.16. The predicted molar refractivity (Wildman–Crippen MR) is 99.1 cm³/mol. The largest absolute Gasteiger partial charge is 0.312 e. The Bertz CT molecular complexity index is 957. The summed E-state index contributed by atoms with van der Waals surface area (Å²) >= 11 is 10.8. The van der Waals surface area contributed by atoms with E-state index in [1.165, 1.54) is 11.3 Å². The number of benzene rings is 2. The molecule has 6 heteroatoms. The van der Waals surface area contributed by atoms with Crippen LogP contribution in [-0.4, -0.2) is 10.5 Å². The van der Waals surface area contributed by atoms with Crippen LogP contribution in [0.15, 0.2) is 64.6 Å². The van der Waals surface area contributed by atoms with Crippen LogP contribution in [0.4, 0.5) is 0 Å². The molecule has 0 saturated heterocycles. The third kappa shape index (κ3) is 3.47. The van der Waals surface area contributed by atoms with E-state index in [-0.39, 0.29) is 5.91 Å². The molecule has 0 spiro atoms. The number of fused-ring (bicyclic) bond motifs is 1. The van der Waals surface area contributed by atoms with Crippen molar-refractivity contribution in [3.8, 4) is 0 Å². The Kier molecular flexibility index (Phi) is 4.80. The molecule has 3 nitrogen and oxygen atoms in total. The van der Waals surface area contributed by atoms with Gasteiger partial charge >= 0.3 is 0 Å². The lowest BCUT2D eigenvalue weighted by molar-refractivity contribution is 0.0998. The topological polar surface area (TPSA) is 34.4 Å². The molecule has 23 heavy (non-hydrogen) atoms. The van der Waals surface area contributed by atoms with E-state index in [9.17, 15) is 4.79 Å². The van der Waals surface area contributed by atoms with Crippen molar-refractivity contribution in [3.05, 3.63) is 75.0 Å². The highest BCUT2D eigenvalue weighted by Gasteiger charge is 2.09. The Morgan fingerprint density at radius 2 is 2.04 bits per heavy atom. The summed E-state index contributed by atoms with van der Waals surface area (Å²) in [6, 6.07) is 12.7. The Hall–Kier alpha value is -1.69. The fraction of sp³-hybridized carbons (Fsp3) is 0.0588. The molecule has 2 aromatic carbocycles. The Morgan fingerprint density at radius 3 is 2.74 bits per heavy atom. The van der Waals surface area contributed by atoms with Gasteiger partial charge in [-0.3, -0.25) is 4.79 Å². The van der Waals surface area contributed by atoms with Gasteiger partial charge in [-0.15, -0.1) is 6.58 Å². The first kappa shape index (κ1) is 16.2. The van der Waals surface area contributed by atoms with Crippen molar-refractivity contribution in [2.45, 2.75) is 6.54 Å². The molecule has 0 saturated carbocycles. The van der Waals surface area contributed by atoms with Gasteiger partial charge in [0, 0.05) is 21.6 Å². The molecule has 0 atom stereocenters. The van der Waals surface area contributed by atoms with Gasteiger partial charge in [0.1, 0.15) is 0 Å². The van der Waals surface area contributed by atoms with Crippen molar-refractivity contribution in [3.63, 3.8) is 0 Å². The normalized spacial score (nSPS) is 11.8. The number of amides is 1. The van der Waals surface area contributed by atoms with Crippen molar-refractivity contribution in [2.75, 3.05) is 0 Å². The van der Waals surface area contributed by atoms with Crippen molar-refractivity contribution in [1.29, 1.82) is 0 Å². The molecule has 0 aliphatic carbocycles. The van der Waals surface area contributed by atoms with Crippen molar-refractivity contribution >= 4 is 55.0 Å². The van der Waals surface area contributed by atoms with Gasteiger partial charge in [0.2, 0.25) is 0 Å².